The lowest BCUT2D eigenvalue weighted by molar-refractivity contribution is 0.101. The zero-order valence-electron chi connectivity index (χ0n) is 10.7. The van der Waals surface area contributed by atoms with Crippen molar-refractivity contribution in [2.75, 3.05) is 5.75 Å². The summed E-state index contributed by atoms with van der Waals surface area (Å²) in [5.74, 6) is -2.55. The Kier molecular flexibility index (Phi) is 4.39. The maximum Gasteiger partial charge on any atom is 0.178 e. The standard InChI is InChI=1S/C15H12F2O2S/c1-10-4-2-3-5-15(10)20(19)9-14(18)12-8-11(16)6-7-13(12)17/h2-8H,9H2,1H3. The lowest BCUT2D eigenvalue weighted by Crippen LogP contribution is -2.13. The molecule has 2 nitrogen and oxygen atoms in total. The van der Waals surface area contributed by atoms with Gasteiger partial charge in [-0.3, -0.25) is 9.00 Å². The van der Waals surface area contributed by atoms with E-state index in [-0.39, 0.29) is 11.3 Å². The van der Waals surface area contributed by atoms with E-state index in [0.717, 1.165) is 23.8 Å². The Bertz CT molecular complexity index is 683. The molecular formula is C15H12F2O2S. The van der Waals surface area contributed by atoms with Crippen LogP contribution in [0.1, 0.15) is 15.9 Å². The number of benzene rings is 2. The molecule has 0 heterocycles. The quantitative estimate of drug-likeness (QED) is 0.811. The van der Waals surface area contributed by atoms with Gasteiger partial charge in [0.1, 0.15) is 11.6 Å². The summed E-state index contributed by atoms with van der Waals surface area (Å²) in [6, 6.07) is 9.59. The van der Waals surface area contributed by atoms with Crippen LogP contribution in [0.2, 0.25) is 0 Å². The molecule has 0 saturated carbocycles. The number of ketones is 1. The molecule has 0 aliphatic heterocycles. The van der Waals surface area contributed by atoms with Gasteiger partial charge in [0.2, 0.25) is 0 Å². The molecule has 20 heavy (non-hydrogen) atoms. The lowest BCUT2D eigenvalue weighted by Gasteiger charge is -2.06. The molecule has 0 saturated heterocycles. The normalized spacial score (nSPS) is 12.2. The van der Waals surface area contributed by atoms with Crippen LogP contribution in [0.25, 0.3) is 0 Å². The smallest absolute Gasteiger partial charge is 0.178 e. The molecule has 0 amide bonds. The van der Waals surface area contributed by atoms with E-state index in [1.165, 1.54) is 0 Å². The molecule has 104 valence electrons. The predicted molar refractivity (Wildman–Crippen MR) is 73.1 cm³/mol. The van der Waals surface area contributed by atoms with Crippen molar-refractivity contribution in [1.29, 1.82) is 0 Å². The summed E-state index contributed by atoms with van der Waals surface area (Å²) in [6.07, 6.45) is 0. The minimum absolute atomic E-state index is 0.369. The van der Waals surface area contributed by atoms with Gasteiger partial charge in [-0.1, -0.05) is 18.2 Å². The molecule has 2 rings (SSSR count). The second kappa shape index (κ2) is 6.05. The van der Waals surface area contributed by atoms with Crippen molar-refractivity contribution < 1.29 is 17.8 Å². The first-order valence-electron chi connectivity index (χ1n) is 5.91. The highest BCUT2D eigenvalue weighted by atomic mass is 32.2. The van der Waals surface area contributed by atoms with E-state index in [1.54, 1.807) is 31.2 Å². The zero-order valence-corrected chi connectivity index (χ0v) is 11.5. The molecule has 1 unspecified atom stereocenters. The summed E-state index contributed by atoms with van der Waals surface area (Å²) in [7, 11) is -1.58. The van der Waals surface area contributed by atoms with Gasteiger partial charge in [0.15, 0.2) is 5.78 Å². The summed E-state index contributed by atoms with van der Waals surface area (Å²) in [5, 5.41) is 0. The average Bonchev–Trinajstić information content (AvgIpc) is 2.41. The monoisotopic (exact) mass is 294 g/mol. The highest BCUT2D eigenvalue weighted by Crippen LogP contribution is 2.16. The van der Waals surface area contributed by atoms with Gasteiger partial charge in [0.25, 0.3) is 0 Å². The van der Waals surface area contributed by atoms with Crippen LogP contribution in [0.4, 0.5) is 8.78 Å². The second-order valence-corrected chi connectivity index (χ2v) is 5.72. The van der Waals surface area contributed by atoms with Crippen LogP contribution in [0.3, 0.4) is 0 Å². The summed E-state index contributed by atoms with van der Waals surface area (Å²) >= 11 is 0. The fraction of sp³-hybridized carbons (Fsp3) is 0.133. The van der Waals surface area contributed by atoms with Crippen LogP contribution >= 0.6 is 0 Å². The number of carbonyl (C=O) groups excluding carboxylic acids is 1. The fourth-order valence-electron chi connectivity index (χ4n) is 1.80. The topological polar surface area (TPSA) is 34.1 Å². The summed E-state index contributed by atoms with van der Waals surface area (Å²) in [4.78, 5) is 12.4. The van der Waals surface area contributed by atoms with Crippen LogP contribution in [0.15, 0.2) is 47.4 Å². The first kappa shape index (κ1) is 14.5. The van der Waals surface area contributed by atoms with E-state index in [2.05, 4.69) is 0 Å². The highest BCUT2D eigenvalue weighted by molar-refractivity contribution is 7.85. The number of carbonyl (C=O) groups is 1. The molecule has 0 radical (unpaired) electrons. The van der Waals surface area contributed by atoms with Crippen molar-refractivity contribution in [1.82, 2.24) is 0 Å². The number of hydrogen-bond acceptors (Lipinski definition) is 2. The molecule has 0 aliphatic carbocycles. The van der Waals surface area contributed by atoms with Crippen molar-refractivity contribution in [3.8, 4) is 0 Å². The van der Waals surface area contributed by atoms with Crippen molar-refractivity contribution >= 4 is 16.6 Å². The Balaban J connectivity index is 2.22. The third-order valence-electron chi connectivity index (χ3n) is 2.83. The molecule has 2 aromatic carbocycles. The molecule has 2 aromatic rings. The van der Waals surface area contributed by atoms with Gasteiger partial charge in [0, 0.05) is 4.90 Å². The summed E-state index contributed by atoms with van der Waals surface area (Å²) < 4.78 is 38.6. The molecule has 1 atom stereocenters. The summed E-state index contributed by atoms with van der Waals surface area (Å²) in [6.45, 7) is 1.78. The lowest BCUT2D eigenvalue weighted by atomic mass is 10.1. The van der Waals surface area contributed by atoms with E-state index >= 15 is 0 Å². The SMILES string of the molecule is Cc1ccccc1S(=O)CC(=O)c1cc(F)ccc1F. The van der Waals surface area contributed by atoms with Crippen LogP contribution in [0, 0.1) is 18.6 Å². The Labute approximate surface area is 117 Å². The Morgan fingerprint density at radius 2 is 1.85 bits per heavy atom. The molecule has 0 spiro atoms. The number of halogens is 2. The average molecular weight is 294 g/mol. The number of hydrogen-bond donors (Lipinski definition) is 0. The van der Waals surface area contributed by atoms with Gasteiger partial charge in [-0.2, -0.15) is 0 Å². The van der Waals surface area contributed by atoms with E-state index < -0.39 is 28.2 Å². The van der Waals surface area contributed by atoms with Crippen molar-refractivity contribution in [2.45, 2.75) is 11.8 Å². The van der Waals surface area contributed by atoms with Crippen LogP contribution in [-0.4, -0.2) is 15.7 Å². The third kappa shape index (κ3) is 3.17. The second-order valence-electron chi connectivity index (χ2n) is 4.30. The molecule has 0 N–H and O–H groups in total. The number of rotatable bonds is 4. The minimum atomic E-state index is -1.58. The van der Waals surface area contributed by atoms with E-state index in [0.29, 0.717) is 4.90 Å². The Morgan fingerprint density at radius 1 is 1.15 bits per heavy atom. The van der Waals surface area contributed by atoms with Gasteiger partial charge in [-0.05, 0) is 36.8 Å². The minimum Gasteiger partial charge on any atom is -0.293 e. The molecule has 0 aliphatic rings. The van der Waals surface area contributed by atoms with E-state index in [4.69, 9.17) is 0 Å². The largest absolute Gasteiger partial charge is 0.293 e. The van der Waals surface area contributed by atoms with Gasteiger partial charge in [-0.15, -0.1) is 0 Å². The van der Waals surface area contributed by atoms with Gasteiger partial charge in [-0.25, -0.2) is 8.78 Å². The molecule has 0 aromatic heterocycles. The maximum atomic E-state index is 13.5. The fourth-order valence-corrected chi connectivity index (χ4v) is 3.00. The van der Waals surface area contributed by atoms with Crippen molar-refractivity contribution in [2.24, 2.45) is 0 Å². The van der Waals surface area contributed by atoms with Crippen LogP contribution in [-0.2, 0) is 10.8 Å². The van der Waals surface area contributed by atoms with E-state index in [9.17, 15) is 17.8 Å². The molecule has 0 fully saturated rings. The number of aryl methyl sites for hydroxylation is 1. The predicted octanol–water partition coefficient (Wildman–Crippen LogP) is 3.26. The Hall–Kier alpha value is -1.88. The first-order valence-corrected chi connectivity index (χ1v) is 7.23. The zero-order chi connectivity index (χ0) is 14.7. The Morgan fingerprint density at radius 3 is 2.55 bits per heavy atom. The van der Waals surface area contributed by atoms with Gasteiger partial charge >= 0.3 is 0 Å². The highest BCUT2D eigenvalue weighted by Gasteiger charge is 2.17. The van der Waals surface area contributed by atoms with Gasteiger partial charge in [0.05, 0.1) is 22.1 Å². The number of Topliss-reactive ketones (excluding diaryl/α,β-unsaturated/α-hetero) is 1. The van der Waals surface area contributed by atoms with Crippen molar-refractivity contribution in [3.05, 3.63) is 65.2 Å². The van der Waals surface area contributed by atoms with Crippen molar-refractivity contribution in [3.63, 3.8) is 0 Å². The van der Waals surface area contributed by atoms with Crippen LogP contribution in [0.5, 0.6) is 0 Å². The third-order valence-corrected chi connectivity index (χ3v) is 4.30. The molecule has 5 heteroatoms. The van der Waals surface area contributed by atoms with Gasteiger partial charge < -0.3 is 0 Å². The summed E-state index contributed by atoms with van der Waals surface area (Å²) in [5.41, 5.74) is 0.422. The molecular weight excluding hydrogens is 282 g/mol. The van der Waals surface area contributed by atoms with Crippen LogP contribution < -0.4 is 0 Å². The van der Waals surface area contributed by atoms with E-state index in [1.807, 2.05) is 0 Å². The maximum absolute atomic E-state index is 13.5. The molecule has 0 bridgehead atoms. The first-order chi connectivity index (χ1) is 9.49.